The highest BCUT2D eigenvalue weighted by atomic mass is 16.3. The van der Waals surface area contributed by atoms with E-state index in [0.717, 1.165) is 24.5 Å². The highest BCUT2D eigenvalue weighted by Gasteiger charge is 2.71. The number of benzene rings is 2. The van der Waals surface area contributed by atoms with E-state index in [9.17, 15) is 34.8 Å². The highest BCUT2D eigenvalue weighted by Crippen LogP contribution is 2.65. The van der Waals surface area contributed by atoms with E-state index in [1.807, 2.05) is 57.2 Å². The second kappa shape index (κ2) is 9.16. The lowest BCUT2D eigenvalue weighted by atomic mass is 9.44. The first-order valence-corrected chi connectivity index (χ1v) is 13.8. The van der Waals surface area contributed by atoms with Crippen LogP contribution in [0.4, 0.5) is 0 Å². The summed E-state index contributed by atoms with van der Waals surface area (Å²) in [6.45, 7) is 8.22. The number of aryl methyl sites for hydroxylation is 2. The van der Waals surface area contributed by atoms with E-state index in [4.69, 9.17) is 0 Å². The maximum absolute atomic E-state index is 14.1. The first-order valence-electron chi connectivity index (χ1n) is 13.8. The van der Waals surface area contributed by atoms with Crippen LogP contribution < -0.4 is 0 Å². The SMILES string of the molecule is CC(=O)C1=C(O)C(C(C)C)[C@@]2(C)C[C@@]3(C)Cc4c(CCc5ccccc5)ccc(O)c4C(=O)C3=C(O)[C@@]2(O)C1=O. The average molecular weight is 545 g/mol. The number of aromatic hydroxyl groups is 1. The van der Waals surface area contributed by atoms with Crippen LogP contribution in [0.2, 0.25) is 0 Å². The molecule has 0 amide bonds. The van der Waals surface area contributed by atoms with Crippen LogP contribution in [-0.4, -0.2) is 43.4 Å². The Morgan fingerprint density at radius 1 is 1.00 bits per heavy atom. The highest BCUT2D eigenvalue weighted by molar-refractivity contribution is 6.25. The van der Waals surface area contributed by atoms with E-state index in [1.165, 1.54) is 6.07 Å². The smallest absolute Gasteiger partial charge is 0.209 e. The van der Waals surface area contributed by atoms with Crippen LogP contribution in [-0.2, 0) is 28.9 Å². The molecule has 2 aromatic carbocycles. The van der Waals surface area contributed by atoms with Crippen molar-refractivity contribution in [3.8, 4) is 5.75 Å². The van der Waals surface area contributed by atoms with Gasteiger partial charge in [-0.3, -0.25) is 14.4 Å². The van der Waals surface area contributed by atoms with Crippen LogP contribution in [0.5, 0.6) is 5.75 Å². The zero-order valence-electron chi connectivity index (χ0n) is 23.5. The Hall–Kier alpha value is -3.71. The number of Topliss-reactive ketones (excluding diaryl/α,β-unsaturated/α-hetero) is 3. The van der Waals surface area contributed by atoms with Gasteiger partial charge in [0.2, 0.25) is 5.78 Å². The lowest BCUT2D eigenvalue weighted by molar-refractivity contribution is -0.171. The Morgan fingerprint density at radius 3 is 2.25 bits per heavy atom. The molecule has 3 aliphatic carbocycles. The third-order valence-corrected chi connectivity index (χ3v) is 9.51. The van der Waals surface area contributed by atoms with E-state index in [1.54, 1.807) is 6.92 Å². The van der Waals surface area contributed by atoms with Crippen LogP contribution in [0.25, 0.3) is 0 Å². The second-order valence-electron chi connectivity index (χ2n) is 12.5. The van der Waals surface area contributed by atoms with Crippen molar-refractivity contribution in [2.24, 2.45) is 22.7 Å². The molecule has 0 aromatic heterocycles. The number of allylic oxidation sites excluding steroid dienone is 2. The van der Waals surface area contributed by atoms with Crippen molar-refractivity contribution >= 4 is 17.3 Å². The monoisotopic (exact) mass is 544 g/mol. The quantitative estimate of drug-likeness (QED) is 0.384. The fourth-order valence-electron chi connectivity index (χ4n) is 7.95. The number of ketones is 3. The molecule has 3 aliphatic rings. The van der Waals surface area contributed by atoms with E-state index in [0.29, 0.717) is 12.0 Å². The maximum Gasteiger partial charge on any atom is 0.209 e. The number of aliphatic hydroxyl groups excluding tert-OH is 2. The number of phenolic OH excluding ortho intramolecular Hbond substituents is 1. The van der Waals surface area contributed by atoms with Crippen molar-refractivity contribution < 1.29 is 34.8 Å². The average Bonchev–Trinajstić information content (AvgIpc) is 2.86. The molecule has 210 valence electrons. The second-order valence-corrected chi connectivity index (χ2v) is 12.5. The molecule has 0 bridgehead atoms. The van der Waals surface area contributed by atoms with Gasteiger partial charge in [-0.15, -0.1) is 0 Å². The van der Waals surface area contributed by atoms with Crippen molar-refractivity contribution in [2.45, 2.75) is 65.9 Å². The Morgan fingerprint density at radius 2 is 1.65 bits per heavy atom. The van der Waals surface area contributed by atoms with Gasteiger partial charge in [-0.1, -0.05) is 64.1 Å². The van der Waals surface area contributed by atoms with E-state index >= 15 is 0 Å². The number of aliphatic hydroxyl groups is 3. The minimum absolute atomic E-state index is 0.0608. The van der Waals surface area contributed by atoms with Crippen LogP contribution in [0.3, 0.4) is 0 Å². The molecule has 1 unspecified atom stereocenters. The van der Waals surface area contributed by atoms with Gasteiger partial charge in [-0.05, 0) is 61.3 Å². The molecule has 0 radical (unpaired) electrons. The molecule has 0 aliphatic heterocycles. The van der Waals surface area contributed by atoms with Gasteiger partial charge in [-0.25, -0.2) is 0 Å². The molecule has 2 aromatic rings. The van der Waals surface area contributed by atoms with Crippen LogP contribution in [0, 0.1) is 22.7 Å². The number of hydrogen-bond acceptors (Lipinski definition) is 7. The molecule has 4 atom stereocenters. The van der Waals surface area contributed by atoms with Gasteiger partial charge in [-0.2, -0.15) is 0 Å². The molecule has 7 heteroatoms. The fourth-order valence-corrected chi connectivity index (χ4v) is 7.95. The van der Waals surface area contributed by atoms with Crippen molar-refractivity contribution in [1.29, 1.82) is 0 Å². The topological polar surface area (TPSA) is 132 Å². The van der Waals surface area contributed by atoms with Gasteiger partial charge in [0.15, 0.2) is 17.2 Å². The predicted molar refractivity (Wildman–Crippen MR) is 149 cm³/mol. The normalized spacial score (nSPS) is 29.8. The number of fused-ring (bicyclic) bond motifs is 3. The van der Waals surface area contributed by atoms with Gasteiger partial charge >= 0.3 is 0 Å². The van der Waals surface area contributed by atoms with Crippen molar-refractivity contribution in [1.82, 2.24) is 0 Å². The number of phenols is 1. The van der Waals surface area contributed by atoms with Crippen LogP contribution >= 0.6 is 0 Å². The zero-order chi connectivity index (χ0) is 29.4. The number of hydrogen-bond donors (Lipinski definition) is 4. The summed E-state index contributed by atoms with van der Waals surface area (Å²) in [5, 5.41) is 45.9. The number of carbonyl (C=O) groups is 3. The Balaban J connectivity index is 1.71. The van der Waals surface area contributed by atoms with E-state index in [2.05, 4.69) is 0 Å². The van der Waals surface area contributed by atoms with Gasteiger partial charge < -0.3 is 20.4 Å². The maximum atomic E-state index is 14.1. The third-order valence-electron chi connectivity index (χ3n) is 9.51. The molecule has 0 fully saturated rings. The molecular formula is C33H36O7. The Bertz CT molecular complexity index is 1510. The molecular weight excluding hydrogens is 508 g/mol. The molecule has 5 rings (SSSR count). The van der Waals surface area contributed by atoms with Crippen molar-refractivity contribution in [2.75, 3.05) is 0 Å². The van der Waals surface area contributed by atoms with Gasteiger partial charge in [0.25, 0.3) is 0 Å². The molecule has 0 saturated heterocycles. The summed E-state index contributed by atoms with van der Waals surface area (Å²) in [4.78, 5) is 40.3. The standard InChI is InChI=1S/C33H36O7/c1-17(2)25-27(36)23(18(3)34)29(38)33(40)30(39)26-28(37)24-21(15-31(26,4)16-32(25,33)5)20(13-14-22(24)35)12-11-19-9-7-6-8-10-19/h6-10,13-14,17,25,35-36,39-40H,11-12,15-16H2,1-5H3/t25?,31-,32-,33+/m1/s1. The van der Waals surface area contributed by atoms with E-state index < -0.39 is 51.0 Å². The van der Waals surface area contributed by atoms with Gasteiger partial charge in [0, 0.05) is 22.3 Å². The summed E-state index contributed by atoms with van der Waals surface area (Å²) in [7, 11) is 0. The van der Waals surface area contributed by atoms with E-state index in [-0.39, 0.29) is 41.4 Å². The first-order chi connectivity index (χ1) is 18.7. The number of rotatable bonds is 5. The lowest BCUT2D eigenvalue weighted by Crippen LogP contribution is -2.67. The molecule has 0 spiro atoms. The molecule has 4 N–H and O–H groups in total. The minimum Gasteiger partial charge on any atom is -0.511 e. The van der Waals surface area contributed by atoms with Crippen LogP contribution in [0.1, 0.15) is 68.1 Å². The molecule has 40 heavy (non-hydrogen) atoms. The van der Waals surface area contributed by atoms with Crippen molar-refractivity contribution in [3.63, 3.8) is 0 Å². The summed E-state index contributed by atoms with van der Waals surface area (Å²) >= 11 is 0. The molecule has 0 saturated carbocycles. The van der Waals surface area contributed by atoms with Crippen LogP contribution in [0.15, 0.2) is 65.1 Å². The Labute approximate surface area is 233 Å². The first kappa shape index (κ1) is 27.8. The largest absolute Gasteiger partial charge is 0.511 e. The van der Waals surface area contributed by atoms with Gasteiger partial charge in [0.05, 0.1) is 5.56 Å². The summed E-state index contributed by atoms with van der Waals surface area (Å²) in [5.74, 6) is -5.05. The minimum atomic E-state index is -2.60. The summed E-state index contributed by atoms with van der Waals surface area (Å²) in [6.07, 6.45) is 1.71. The lowest BCUT2D eigenvalue weighted by Gasteiger charge is -2.59. The summed E-state index contributed by atoms with van der Waals surface area (Å²) in [6, 6.07) is 13.2. The number of carbonyl (C=O) groups excluding carboxylic acids is 3. The van der Waals surface area contributed by atoms with Crippen molar-refractivity contribution in [3.05, 3.63) is 87.4 Å². The summed E-state index contributed by atoms with van der Waals surface area (Å²) in [5.41, 5.74) is -2.95. The van der Waals surface area contributed by atoms with Gasteiger partial charge in [0.1, 0.15) is 22.8 Å². The zero-order valence-corrected chi connectivity index (χ0v) is 23.5. The predicted octanol–water partition coefficient (Wildman–Crippen LogP) is 5.13. The fraction of sp³-hybridized carbons (Fsp3) is 0.424. The molecule has 7 nitrogen and oxygen atoms in total. The molecule has 0 heterocycles. The third kappa shape index (κ3) is 3.63. The Kier molecular flexibility index (Phi) is 6.38. The summed E-state index contributed by atoms with van der Waals surface area (Å²) < 4.78 is 0.